The first-order valence-corrected chi connectivity index (χ1v) is 7.42. The van der Waals surface area contributed by atoms with Crippen molar-refractivity contribution in [1.29, 1.82) is 0 Å². The van der Waals surface area contributed by atoms with Crippen molar-refractivity contribution in [2.24, 2.45) is 11.3 Å². The van der Waals surface area contributed by atoms with Crippen LogP contribution in [0.3, 0.4) is 0 Å². The van der Waals surface area contributed by atoms with Gasteiger partial charge in [-0.15, -0.1) is 0 Å². The van der Waals surface area contributed by atoms with Crippen molar-refractivity contribution in [3.63, 3.8) is 0 Å². The maximum absolute atomic E-state index is 12.2. The zero-order valence-corrected chi connectivity index (χ0v) is 12.8. The molecule has 1 aliphatic carbocycles. The third-order valence-corrected chi connectivity index (χ3v) is 4.71. The first kappa shape index (κ1) is 15.5. The van der Waals surface area contributed by atoms with Gasteiger partial charge < -0.3 is 10.4 Å². The number of nitrogens with one attached hydrogen (secondary N) is 1. The predicted octanol–water partition coefficient (Wildman–Crippen LogP) is 2.41. The summed E-state index contributed by atoms with van der Waals surface area (Å²) in [5, 5.41) is 12.4. The molecule has 1 atom stereocenters. The first-order valence-electron chi connectivity index (χ1n) is 7.42. The van der Waals surface area contributed by atoms with Crippen LogP contribution in [0.1, 0.15) is 38.3 Å². The highest BCUT2D eigenvalue weighted by atomic mass is 16.4. The largest absolute Gasteiger partial charge is 0.481 e. The van der Waals surface area contributed by atoms with E-state index >= 15 is 0 Å². The number of carboxylic acid groups (broad SMARTS) is 1. The van der Waals surface area contributed by atoms with E-state index in [1.165, 1.54) is 11.1 Å². The summed E-state index contributed by atoms with van der Waals surface area (Å²) in [4.78, 5) is 23.6. The van der Waals surface area contributed by atoms with Crippen molar-refractivity contribution in [1.82, 2.24) is 5.32 Å². The molecule has 114 valence electrons. The van der Waals surface area contributed by atoms with Crippen molar-refractivity contribution in [3.8, 4) is 0 Å². The zero-order valence-electron chi connectivity index (χ0n) is 12.8. The fourth-order valence-corrected chi connectivity index (χ4v) is 2.80. The molecule has 0 spiro atoms. The lowest BCUT2D eigenvalue weighted by Crippen LogP contribution is -2.42. The molecule has 0 aromatic heterocycles. The van der Waals surface area contributed by atoms with Gasteiger partial charge in [-0.2, -0.15) is 0 Å². The molecule has 2 rings (SSSR count). The Hall–Kier alpha value is -1.84. The molecule has 1 aromatic carbocycles. The minimum absolute atomic E-state index is 0.0207. The quantitative estimate of drug-likeness (QED) is 0.874. The Morgan fingerprint density at radius 2 is 1.81 bits per heavy atom. The van der Waals surface area contributed by atoms with E-state index in [4.69, 9.17) is 0 Å². The molecule has 0 bridgehead atoms. The summed E-state index contributed by atoms with van der Waals surface area (Å²) in [6, 6.07) is 8.25. The summed E-state index contributed by atoms with van der Waals surface area (Å²) in [5.41, 5.74) is 1.52. The molecule has 0 saturated carbocycles. The van der Waals surface area contributed by atoms with E-state index in [2.05, 4.69) is 17.4 Å². The smallest absolute Gasteiger partial charge is 0.310 e. The Labute approximate surface area is 125 Å². The van der Waals surface area contributed by atoms with Gasteiger partial charge in [-0.05, 0) is 36.8 Å². The highest BCUT2D eigenvalue weighted by Crippen LogP contribution is 2.31. The molecule has 1 amide bonds. The number of carbonyl (C=O) groups is 2. The second-order valence-electron chi connectivity index (χ2n) is 6.50. The number of amides is 1. The van der Waals surface area contributed by atoms with Crippen LogP contribution in [0, 0.1) is 11.3 Å². The number of hydrogen-bond donors (Lipinski definition) is 2. The van der Waals surface area contributed by atoms with Crippen LogP contribution in [0.25, 0.3) is 0 Å². The monoisotopic (exact) mass is 289 g/mol. The van der Waals surface area contributed by atoms with E-state index in [-0.39, 0.29) is 24.3 Å². The maximum atomic E-state index is 12.2. The third-order valence-electron chi connectivity index (χ3n) is 4.71. The molecular formula is C17H23NO3. The molecule has 1 aliphatic rings. The maximum Gasteiger partial charge on any atom is 0.310 e. The van der Waals surface area contributed by atoms with Crippen LogP contribution in [0.4, 0.5) is 0 Å². The van der Waals surface area contributed by atoms with Gasteiger partial charge in [0.25, 0.3) is 0 Å². The van der Waals surface area contributed by atoms with E-state index in [9.17, 15) is 14.7 Å². The standard InChI is InChI=1S/C17H23NO3/c1-11(2)17(3,16(20)21)10-15(19)18-14-8-12-6-4-5-7-13(12)9-14/h4-7,11,14H,8-10H2,1-3H3,(H,18,19)(H,20,21). The summed E-state index contributed by atoms with van der Waals surface area (Å²) in [6.45, 7) is 5.32. The van der Waals surface area contributed by atoms with Crippen LogP contribution in [0.5, 0.6) is 0 Å². The number of carboxylic acids is 1. The number of fused-ring (bicyclic) bond motifs is 1. The number of hydrogen-bond acceptors (Lipinski definition) is 2. The molecule has 2 N–H and O–H groups in total. The van der Waals surface area contributed by atoms with Gasteiger partial charge in [0.15, 0.2) is 0 Å². The normalized spacial score (nSPS) is 17.3. The van der Waals surface area contributed by atoms with Gasteiger partial charge in [-0.3, -0.25) is 9.59 Å². The van der Waals surface area contributed by atoms with Crippen molar-refractivity contribution >= 4 is 11.9 Å². The van der Waals surface area contributed by atoms with Crippen LogP contribution in [0.15, 0.2) is 24.3 Å². The Balaban J connectivity index is 1.96. The van der Waals surface area contributed by atoms with Crippen molar-refractivity contribution in [3.05, 3.63) is 35.4 Å². The second-order valence-corrected chi connectivity index (χ2v) is 6.50. The third kappa shape index (κ3) is 3.26. The highest BCUT2D eigenvalue weighted by molar-refractivity contribution is 5.85. The highest BCUT2D eigenvalue weighted by Gasteiger charge is 2.39. The van der Waals surface area contributed by atoms with Gasteiger partial charge in [-0.25, -0.2) is 0 Å². The van der Waals surface area contributed by atoms with Crippen LogP contribution >= 0.6 is 0 Å². The molecule has 21 heavy (non-hydrogen) atoms. The van der Waals surface area contributed by atoms with E-state index in [1.807, 2.05) is 26.0 Å². The summed E-state index contributed by atoms with van der Waals surface area (Å²) >= 11 is 0. The molecular weight excluding hydrogens is 266 g/mol. The second kappa shape index (κ2) is 5.88. The van der Waals surface area contributed by atoms with Gasteiger partial charge in [-0.1, -0.05) is 38.1 Å². The molecule has 4 nitrogen and oxygen atoms in total. The zero-order chi connectivity index (χ0) is 15.6. The van der Waals surface area contributed by atoms with E-state index in [0.717, 1.165) is 12.8 Å². The van der Waals surface area contributed by atoms with Gasteiger partial charge >= 0.3 is 5.97 Å². The fourth-order valence-electron chi connectivity index (χ4n) is 2.80. The van der Waals surface area contributed by atoms with Crippen LogP contribution in [-0.4, -0.2) is 23.0 Å². The number of carbonyl (C=O) groups excluding carboxylic acids is 1. The SMILES string of the molecule is CC(C)C(C)(CC(=O)NC1Cc2ccccc2C1)C(=O)O. The van der Waals surface area contributed by atoms with Crippen LogP contribution < -0.4 is 5.32 Å². The Morgan fingerprint density at radius 3 is 2.24 bits per heavy atom. The summed E-state index contributed by atoms with van der Waals surface area (Å²) in [6.07, 6.45) is 1.67. The number of benzene rings is 1. The number of aliphatic carboxylic acids is 1. The lowest BCUT2D eigenvalue weighted by molar-refractivity contribution is -0.153. The minimum Gasteiger partial charge on any atom is -0.481 e. The first-order chi connectivity index (χ1) is 9.83. The van der Waals surface area contributed by atoms with Crippen LogP contribution in [0.2, 0.25) is 0 Å². The average Bonchev–Trinajstić information content (AvgIpc) is 2.79. The summed E-state index contributed by atoms with van der Waals surface area (Å²) in [5.74, 6) is -1.18. The van der Waals surface area contributed by atoms with E-state index in [0.29, 0.717) is 0 Å². The molecule has 4 heteroatoms. The summed E-state index contributed by atoms with van der Waals surface area (Å²) < 4.78 is 0. The topological polar surface area (TPSA) is 66.4 Å². The van der Waals surface area contributed by atoms with E-state index < -0.39 is 11.4 Å². The number of rotatable bonds is 5. The molecule has 0 aliphatic heterocycles. The van der Waals surface area contributed by atoms with E-state index in [1.54, 1.807) is 6.92 Å². The Bertz CT molecular complexity index is 528. The van der Waals surface area contributed by atoms with Gasteiger partial charge in [0, 0.05) is 12.5 Å². The van der Waals surface area contributed by atoms with Crippen molar-refractivity contribution in [2.75, 3.05) is 0 Å². The minimum atomic E-state index is -1.02. The fraction of sp³-hybridized carbons (Fsp3) is 0.529. The van der Waals surface area contributed by atoms with Gasteiger partial charge in [0.1, 0.15) is 0 Å². The molecule has 0 heterocycles. The lowest BCUT2D eigenvalue weighted by Gasteiger charge is -2.28. The van der Waals surface area contributed by atoms with Gasteiger partial charge in [0.2, 0.25) is 5.91 Å². The molecule has 1 aromatic rings. The summed E-state index contributed by atoms with van der Waals surface area (Å²) in [7, 11) is 0. The average molecular weight is 289 g/mol. The van der Waals surface area contributed by atoms with Gasteiger partial charge in [0.05, 0.1) is 5.41 Å². The van der Waals surface area contributed by atoms with Crippen LogP contribution in [-0.2, 0) is 22.4 Å². The lowest BCUT2D eigenvalue weighted by atomic mass is 9.76. The Kier molecular flexibility index (Phi) is 4.35. The molecule has 0 radical (unpaired) electrons. The van der Waals surface area contributed by atoms with Crippen molar-refractivity contribution < 1.29 is 14.7 Å². The van der Waals surface area contributed by atoms with Crippen molar-refractivity contribution in [2.45, 2.75) is 46.1 Å². The Morgan fingerprint density at radius 1 is 1.29 bits per heavy atom. The molecule has 1 unspecified atom stereocenters. The predicted molar refractivity (Wildman–Crippen MR) is 81.0 cm³/mol. The molecule has 0 saturated heterocycles. The molecule has 0 fully saturated rings.